The average Bonchev–Trinajstić information content (AvgIpc) is 2.71. The molecule has 0 spiro atoms. The minimum atomic E-state index is -0.945. The van der Waals surface area contributed by atoms with Gasteiger partial charge in [0.1, 0.15) is 5.75 Å². The highest BCUT2D eigenvalue weighted by molar-refractivity contribution is 5.85. The number of aryl methyl sites for hydroxylation is 1. The number of carboxylic acids is 1. The van der Waals surface area contributed by atoms with Gasteiger partial charge in [-0.3, -0.25) is 0 Å². The molecule has 1 aromatic heterocycles. The molecule has 2 rings (SSSR count). The Balaban J connectivity index is 2.43. The second kappa shape index (κ2) is 5.65. The van der Waals surface area contributed by atoms with Gasteiger partial charge in [-0.25, -0.2) is 4.79 Å². The van der Waals surface area contributed by atoms with Gasteiger partial charge in [-0.1, -0.05) is 0 Å². The topological polar surface area (TPSA) is 51.5 Å². The second-order valence-electron chi connectivity index (χ2n) is 4.53. The van der Waals surface area contributed by atoms with Crippen LogP contribution in [0.2, 0.25) is 0 Å². The molecule has 0 saturated heterocycles. The molecule has 0 aliphatic carbocycles. The highest BCUT2D eigenvalue weighted by atomic mass is 16.5. The summed E-state index contributed by atoms with van der Waals surface area (Å²) in [5.41, 5.74) is 3.99. The van der Waals surface area contributed by atoms with Gasteiger partial charge in [0.2, 0.25) is 0 Å². The van der Waals surface area contributed by atoms with E-state index in [1.807, 2.05) is 44.2 Å². The highest BCUT2D eigenvalue weighted by Gasteiger charge is 2.09. The summed E-state index contributed by atoms with van der Waals surface area (Å²) in [4.78, 5) is 10.6. The summed E-state index contributed by atoms with van der Waals surface area (Å²) >= 11 is 0. The lowest BCUT2D eigenvalue weighted by Crippen LogP contribution is -1.99. The van der Waals surface area contributed by atoms with E-state index in [1.54, 1.807) is 13.2 Å². The van der Waals surface area contributed by atoms with Gasteiger partial charge in [0.05, 0.1) is 7.11 Å². The maximum absolute atomic E-state index is 10.6. The van der Waals surface area contributed by atoms with Gasteiger partial charge in [0, 0.05) is 23.2 Å². The minimum Gasteiger partial charge on any atom is -0.497 e. The summed E-state index contributed by atoms with van der Waals surface area (Å²) in [6.45, 7) is 3.97. The van der Waals surface area contributed by atoms with Crippen molar-refractivity contribution in [3.8, 4) is 11.4 Å². The Morgan fingerprint density at radius 3 is 2.45 bits per heavy atom. The quantitative estimate of drug-likeness (QED) is 0.869. The van der Waals surface area contributed by atoms with E-state index in [0.717, 1.165) is 34.5 Å². The van der Waals surface area contributed by atoms with Crippen molar-refractivity contribution in [1.29, 1.82) is 0 Å². The fourth-order valence-corrected chi connectivity index (χ4v) is 2.25. The van der Waals surface area contributed by atoms with Crippen LogP contribution in [0, 0.1) is 13.8 Å². The van der Waals surface area contributed by atoms with Crippen LogP contribution in [0.1, 0.15) is 17.0 Å². The summed E-state index contributed by atoms with van der Waals surface area (Å²) in [6, 6.07) is 9.73. The lowest BCUT2D eigenvalue weighted by atomic mass is 10.2. The molecule has 20 heavy (non-hydrogen) atoms. The van der Waals surface area contributed by atoms with E-state index in [0.29, 0.717) is 0 Å². The standard InChI is InChI=1S/C16H17NO3/c1-11-10-13(4-9-16(18)19)12(2)17(11)14-5-7-15(20-3)8-6-14/h4-10H,1-3H3,(H,18,19)/b9-4+. The first-order valence-corrected chi connectivity index (χ1v) is 6.27. The largest absolute Gasteiger partial charge is 0.497 e. The molecule has 1 N–H and O–H groups in total. The molecule has 0 aliphatic rings. The molecule has 0 amide bonds. The number of ether oxygens (including phenoxy) is 1. The number of carboxylic acid groups (broad SMARTS) is 1. The van der Waals surface area contributed by atoms with Gasteiger partial charge in [-0.2, -0.15) is 0 Å². The molecule has 4 nitrogen and oxygen atoms in total. The predicted octanol–water partition coefficient (Wildman–Crippen LogP) is 3.20. The lowest BCUT2D eigenvalue weighted by molar-refractivity contribution is -0.131. The van der Waals surface area contributed by atoms with Crippen LogP contribution in [0.5, 0.6) is 5.75 Å². The Bertz CT molecular complexity index is 651. The molecular weight excluding hydrogens is 254 g/mol. The zero-order valence-corrected chi connectivity index (χ0v) is 11.8. The number of hydrogen-bond acceptors (Lipinski definition) is 2. The molecule has 2 aromatic rings. The van der Waals surface area contributed by atoms with E-state index in [-0.39, 0.29) is 0 Å². The average molecular weight is 271 g/mol. The van der Waals surface area contributed by atoms with Crippen LogP contribution in [0.25, 0.3) is 11.8 Å². The number of hydrogen-bond donors (Lipinski definition) is 1. The number of rotatable bonds is 4. The van der Waals surface area contributed by atoms with Crippen LogP contribution >= 0.6 is 0 Å². The van der Waals surface area contributed by atoms with E-state index in [1.165, 1.54) is 0 Å². The molecule has 0 unspecified atom stereocenters. The van der Waals surface area contributed by atoms with Crippen molar-refractivity contribution >= 4 is 12.0 Å². The molecular formula is C16H17NO3. The van der Waals surface area contributed by atoms with Crippen LogP contribution in [-0.2, 0) is 4.79 Å². The number of nitrogens with zero attached hydrogens (tertiary/aromatic N) is 1. The van der Waals surface area contributed by atoms with Crippen LogP contribution in [0.15, 0.2) is 36.4 Å². The lowest BCUT2D eigenvalue weighted by Gasteiger charge is -2.10. The fourth-order valence-electron chi connectivity index (χ4n) is 2.25. The van der Waals surface area contributed by atoms with Crippen LogP contribution < -0.4 is 4.74 Å². The predicted molar refractivity (Wildman–Crippen MR) is 78.5 cm³/mol. The number of aromatic nitrogens is 1. The van der Waals surface area contributed by atoms with Gasteiger partial charge in [0.25, 0.3) is 0 Å². The molecule has 0 fully saturated rings. The molecule has 0 aliphatic heterocycles. The first-order chi connectivity index (χ1) is 9.52. The van der Waals surface area contributed by atoms with Gasteiger partial charge in [-0.05, 0) is 55.8 Å². The fraction of sp³-hybridized carbons (Fsp3) is 0.188. The Morgan fingerprint density at radius 1 is 1.25 bits per heavy atom. The Morgan fingerprint density at radius 2 is 1.90 bits per heavy atom. The van der Waals surface area contributed by atoms with Crippen molar-refractivity contribution in [3.63, 3.8) is 0 Å². The third kappa shape index (κ3) is 2.74. The van der Waals surface area contributed by atoms with Gasteiger partial charge in [0.15, 0.2) is 0 Å². The molecule has 0 radical (unpaired) electrons. The van der Waals surface area contributed by atoms with Crippen LogP contribution in [0.4, 0.5) is 0 Å². The monoisotopic (exact) mass is 271 g/mol. The summed E-state index contributed by atoms with van der Waals surface area (Å²) in [6.07, 6.45) is 2.77. The molecule has 4 heteroatoms. The maximum Gasteiger partial charge on any atom is 0.328 e. The van der Waals surface area contributed by atoms with Crippen molar-refractivity contribution in [2.75, 3.05) is 7.11 Å². The third-order valence-electron chi connectivity index (χ3n) is 3.21. The van der Waals surface area contributed by atoms with Crippen LogP contribution in [-0.4, -0.2) is 22.8 Å². The van der Waals surface area contributed by atoms with Crippen molar-refractivity contribution in [3.05, 3.63) is 53.4 Å². The summed E-state index contributed by atoms with van der Waals surface area (Å²) < 4.78 is 7.23. The Labute approximate surface area is 117 Å². The minimum absolute atomic E-state index is 0.808. The van der Waals surface area contributed by atoms with Gasteiger partial charge < -0.3 is 14.4 Å². The summed E-state index contributed by atoms with van der Waals surface area (Å²) in [5.74, 6) is -0.138. The number of carbonyl (C=O) groups is 1. The normalized spacial score (nSPS) is 10.9. The molecule has 104 valence electrons. The van der Waals surface area contributed by atoms with E-state index in [2.05, 4.69) is 4.57 Å². The van der Waals surface area contributed by atoms with E-state index < -0.39 is 5.97 Å². The Hall–Kier alpha value is -2.49. The highest BCUT2D eigenvalue weighted by Crippen LogP contribution is 2.23. The van der Waals surface area contributed by atoms with Gasteiger partial charge in [-0.15, -0.1) is 0 Å². The molecule has 1 heterocycles. The SMILES string of the molecule is COc1ccc(-n2c(C)cc(/C=C/C(=O)O)c2C)cc1. The Kier molecular flexibility index (Phi) is 3.94. The van der Waals surface area contributed by atoms with Crippen LogP contribution in [0.3, 0.4) is 0 Å². The molecule has 0 bridgehead atoms. The maximum atomic E-state index is 10.6. The second-order valence-corrected chi connectivity index (χ2v) is 4.53. The zero-order valence-electron chi connectivity index (χ0n) is 11.8. The van der Waals surface area contributed by atoms with Gasteiger partial charge >= 0.3 is 5.97 Å². The first-order valence-electron chi connectivity index (χ1n) is 6.27. The third-order valence-corrected chi connectivity index (χ3v) is 3.21. The summed E-state index contributed by atoms with van der Waals surface area (Å²) in [7, 11) is 1.63. The number of aliphatic carboxylic acids is 1. The number of methoxy groups -OCH3 is 1. The van der Waals surface area contributed by atoms with E-state index in [4.69, 9.17) is 9.84 Å². The van der Waals surface area contributed by atoms with Crippen molar-refractivity contribution in [2.24, 2.45) is 0 Å². The zero-order chi connectivity index (χ0) is 14.7. The molecule has 1 aromatic carbocycles. The van der Waals surface area contributed by atoms with Crippen molar-refractivity contribution < 1.29 is 14.6 Å². The number of benzene rings is 1. The van der Waals surface area contributed by atoms with Crippen molar-refractivity contribution in [2.45, 2.75) is 13.8 Å². The van der Waals surface area contributed by atoms with Crippen molar-refractivity contribution in [1.82, 2.24) is 4.57 Å². The molecule has 0 saturated carbocycles. The summed E-state index contributed by atoms with van der Waals surface area (Å²) in [5, 5.41) is 8.71. The first kappa shape index (κ1) is 13.9. The smallest absolute Gasteiger partial charge is 0.328 e. The molecule has 0 atom stereocenters. The van der Waals surface area contributed by atoms with E-state index in [9.17, 15) is 4.79 Å². The van der Waals surface area contributed by atoms with E-state index >= 15 is 0 Å².